The second kappa shape index (κ2) is 5.83. The Labute approximate surface area is 104 Å². The fourth-order valence-electron chi connectivity index (χ4n) is 2.26. The summed E-state index contributed by atoms with van der Waals surface area (Å²) in [5, 5.41) is 3.00. The zero-order chi connectivity index (χ0) is 13.1. The van der Waals surface area contributed by atoms with Crippen molar-refractivity contribution in [1.82, 2.24) is 5.32 Å². The Bertz CT molecular complexity index is 255. The first-order chi connectivity index (χ1) is 7.80. The minimum absolute atomic E-state index is 0.0479. The van der Waals surface area contributed by atoms with Crippen molar-refractivity contribution in [3.8, 4) is 0 Å². The average molecular weight is 242 g/mol. The number of carbonyl (C=O) groups excluding carboxylic acids is 1. The minimum atomic E-state index is -0.0479. The fourth-order valence-corrected chi connectivity index (χ4v) is 2.26. The summed E-state index contributed by atoms with van der Waals surface area (Å²) in [4.78, 5) is 11.7. The first-order valence-electron chi connectivity index (χ1n) is 6.38. The lowest BCUT2D eigenvalue weighted by molar-refractivity contribution is -0.123. The van der Waals surface area contributed by atoms with E-state index in [1.54, 1.807) is 7.11 Å². The van der Waals surface area contributed by atoms with Gasteiger partial charge in [-0.15, -0.1) is 0 Å². The summed E-state index contributed by atoms with van der Waals surface area (Å²) in [5.74, 6) is 0.0707. The highest BCUT2D eigenvalue weighted by Crippen LogP contribution is 2.23. The molecule has 0 aromatic rings. The maximum Gasteiger partial charge on any atom is 0.221 e. The molecule has 0 bridgehead atoms. The Kier molecular flexibility index (Phi) is 4.95. The van der Waals surface area contributed by atoms with Gasteiger partial charge in [0.15, 0.2) is 0 Å². The molecule has 0 heterocycles. The number of ether oxygens (including phenoxy) is 1. The normalized spacial score (nSPS) is 26.2. The van der Waals surface area contributed by atoms with Gasteiger partial charge in [0.2, 0.25) is 5.91 Å². The van der Waals surface area contributed by atoms with Gasteiger partial charge in [0.05, 0.1) is 6.10 Å². The van der Waals surface area contributed by atoms with Crippen molar-refractivity contribution >= 4 is 5.91 Å². The summed E-state index contributed by atoms with van der Waals surface area (Å²) in [6, 6.07) is 0.239. The molecule has 4 heteroatoms. The van der Waals surface area contributed by atoms with Gasteiger partial charge < -0.3 is 15.8 Å². The van der Waals surface area contributed by atoms with E-state index in [0.29, 0.717) is 12.5 Å². The Morgan fingerprint density at radius 3 is 2.53 bits per heavy atom. The molecule has 0 aromatic carbocycles. The number of nitrogens with one attached hydrogen (secondary N) is 1. The molecule has 1 aliphatic carbocycles. The lowest BCUT2D eigenvalue weighted by Gasteiger charge is -2.35. The molecule has 17 heavy (non-hydrogen) atoms. The van der Waals surface area contributed by atoms with Crippen LogP contribution in [0.1, 0.15) is 46.5 Å². The number of rotatable bonds is 5. The highest BCUT2D eigenvalue weighted by molar-refractivity contribution is 5.77. The topological polar surface area (TPSA) is 64.3 Å². The van der Waals surface area contributed by atoms with Crippen LogP contribution in [0.2, 0.25) is 0 Å². The molecule has 1 aliphatic rings. The summed E-state index contributed by atoms with van der Waals surface area (Å²) < 4.78 is 5.17. The Morgan fingerprint density at radius 1 is 1.47 bits per heavy atom. The molecule has 1 rings (SSSR count). The van der Waals surface area contributed by atoms with Crippen molar-refractivity contribution in [1.29, 1.82) is 0 Å². The molecule has 1 saturated carbocycles. The van der Waals surface area contributed by atoms with Crippen LogP contribution in [0.3, 0.4) is 0 Å². The van der Waals surface area contributed by atoms with Crippen molar-refractivity contribution < 1.29 is 9.53 Å². The van der Waals surface area contributed by atoms with Gasteiger partial charge in [-0.05, 0) is 24.7 Å². The molecule has 4 nitrogen and oxygen atoms in total. The molecule has 1 amide bonds. The quantitative estimate of drug-likeness (QED) is 0.766. The maximum atomic E-state index is 11.7. The molecule has 1 unspecified atom stereocenters. The molecule has 0 radical (unpaired) electrons. The third-order valence-electron chi connectivity index (χ3n) is 3.12. The Morgan fingerprint density at radius 2 is 2.06 bits per heavy atom. The van der Waals surface area contributed by atoms with Crippen LogP contribution in [-0.2, 0) is 9.53 Å². The predicted molar refractivity (Wildman–Crippen MR) is 68.6 cm³/mol. The molecule has 0 aromatic heterocycles. The molecule has 0 spiro atoms. The second-order valence-corrected chi connectivity index (χ2v) is 6.32. The van der Waals surface area contributed by atoms with Crippen molar-refractivity contribution in [2.45, 2.75) is 64.6 Å². The molecule has 0 aliphatic heterocycles. The molecule has 3 N–H and O–H groups in total. The van der Waals surface area contributed by atoms with Crippen molar-refractivity contribution in [2.75, 3.05) is 7.11 Å². The minimum Gasteiger partial charge on any atom is -0.381 e. The lowest BCUT2D eigenvalue weighted by Crippen LogP contribution is -2.48. The zero-order valence-electron chi connectivity index (χ0n) is 11.5. The van der Waals surface area contributed by atoms with Crippen LogP contribution in [0.25, 0.3) is 0 Å². The number of methoxy groups -OCH3 is 1. The van der Waals surface area contributed by atoms with E-state index in [-0.39, 0.29) is 23.4 Å². The van der Waals surface area contributed by atoms with Gasteiger partial charge in [0.25, 0.3) is 0 Å². The van der Waals surface area contributed by atoms with Gasteiger partial charge in [-0.25, -0.2) is 0 Å². The van der Waals surface area contributed by atoms with Crippen molar-refractivity contribution in [3.05, 3.63) is 0 Å². The number of hydrogen-bond acceptors (Lipinski definition) is 3. The van der Waals surface area contributed by atoms with E-state index < -0.39 is 0 Å². The van der Waals surface area contributed by atoms with E-state index in [1.165, 1.54) is 0 Å². The van der Waals surface area contributed by atoms with Gasteiger partial charge in [-0.2, -0.15) is 0 Å². The van der Waals surface area contributed by atoms with E-state index in [4.69, 9.17) is 10.5 Å². The number of hydrogen-bond donors (Lipinski definition) is 2. The molecule has 1 atom stereocenters. The third-order valence-corrected chi connectivity index (χ3v) is 3.12. The summed E-state index contributed by atoms with van der Waals surface area (Å²) in [7, 11) is 1.71. The van der Waals surface area contributed by atoms with Gasteiger partial charge >= 0.3 is 0 Å². The first-order valence-corrected chi connectivity index (χ1v) is 6.38. The predicted octanol–water partition coefficient (Wildman–Crippen LogP) is 1.43. The second-order valence-electron chi connectivity index (χ2n) is 6.32. The smallest absolute Gasteiger partial charge is 0.221 e. The molecular weight excluding hydrogens is 216 g/mol. The van der Waals surface area contributed by atoms with E-state index in [1.807, 2.05) is 0 Å². The van der Waals surface area contributed by atoms with Crippen LogP contribution in [0.4, 0.5) is 0 Å². The van der Waals surface area contributed by atoms with Crippen LogP contribution in [-0.4, -0.2) is 31.2 Å². The first kappa shape index (κ1) is 14.5. The number of carbonyl (C=O) groups is 1. The van der Waals surface area contributed by atoms with Crippen LogP contribution < -0.4 is 11.1 Å². The Hall–Kier alpha value is -0.610. The van der Waals surface area contributed by atoms with Crippen LogP contribution in [0.15, 0.2) is 0 Å². The van der Waals surface area contributed by atoms with Gasteiger partial charge in [-0.3, -0.25) is 4.79 Å². The highest BCUT2D eigenvalue weighted by Gasteiger charge is 2.30. The molecular formula is C13H26N2O2. The SMILES string of the molecule is COC1CC(NC(=O)CC(N)CC(C)(C)C)C1. The molecule has 0 saturated heterocycles. The van der Waals surface area contributed by atoms with Crippen LogP contribution in [0.5, 0.6) is 0 Å². The van der Waals surface area contributed by atoms with Gasteiger partial charge in [0, 0.05) is 25.6 Å². The third kappa shape index (κ3) is 5.50. The van der Waals surface area contributed by atoms with Crippen molar-refractivity contribution in [2.24, 2.45) is 11.1 Å². The zero-order valence-corrected chi connectivity index (χ0v) is 11.5. The monoisotopic (exact) mass is 242 g/mol. The van der Waals surface area contributed by atoms with E-state index in [0.717, 1.165) is 19.3 Å². The van der Waals surface area contributed by atoms with E-state index >= 15 is 0 Å². The summed E-state index contributed by atoms with van der Waals surface area (Å²) in [6.45, 7) is 6.42. The largest absolute Gasteiger partial charge is 0.381 e. The van der Waals surface area contributed by atoms with Crippen molar-refractivity contribution in [3.63, 3.8) is 0 Å². The van der Waals surface area contributed by atoms with Crippen LogP contribution in [0, 0.1) is 5.41 Å². The van der Waals surface area contributed by atoms with Gasteiger partial charge in [-0.1, -0.05) is 20.8 Å². The van der Waals surface area contributed by atoms with E-state index in [2.05, 4.69) is 26.1 Å². The molecule has 100 valence electrons. The van der Waals surface area contributed by atoms with Gasteiger partial charge in [0.1, 0.15) is 0 Å². The number of amides is 1. The molecule has 1 fully saturated rings. The standard InChI is InChI=1S/C13H26N2O2/c1-13(2,3)8-9(14)5-12(16)15-10-6-11(7-10)17-4/h9-11H,5-8,14H2,1-4H3,(H,15,16). The summed E-state index contributed by atoms with van der Waals surface area (Å²) in [5.41, 5.74) is 6.14. The van der Waals surface area contributed by atoms with E-state index in [9.17, 15) is 4.79 Å². The summed E-state index contributed by atoms with van der Waals surface area (Å²) in [6.07, 6.45) is 3.47. The summed E-state index contributed by atoms with van der Waals surface area (Å²) >= 11 is 0. The fraction of sp³-hybridized carbons (Fsp3) is 0.923. The average Bonchev–Trinajstić information content (AvgIpc) is 2.06. The lowest BCUT2D eigenvalue weighted by atomic mass is 9.86. The highest BCUT2D eigenvalue weighted by atomic mass is 16.5. The van der Waals surface area contributed by atoms with Crippen LogP contribution >= 0.6 is 0 Å². The Balaban J connectivity index is 2.17. The number of nitrogens with two attached hydrogens (primary N) is 1. The maximum absolute atomic E-state index is 11.7.